The molecule has 2 heterocycles. The fourth-order valence-electron chi connectivity index (χ4n) is 2.34. The Balaban J connectivity index is 2.34. The van der Waals surface area contributed by atoms with Gasteiger partial charge in [-0.1, -0.05) is 15.9 Å². The lowest BCUT2D eigenvalue weighted by Crippen LogP contribution is -2.25. The number of halogens is 1. The van der Waals surface area contributed by atoms with E-state index in [-0.39, 0.29) is 0 Å². The highest BCUT2D eigenvalue weighted by molar-refractivity contribution is 9.10. The Labute approximate surface area is 108 Å². The maximum absolute atomic E-state index is 5.57. The number of fused-ring (bicyclic) bond motifs is 2. The third-order valence-electron chi connectivity index (χ3n) is 3.13. The Hall–Kier alpha value is -1.13. The summed E-state index contributed by atoms with van der Waals surface area (Å²) in [5.74, 6) is 0.963. The molecule has 0 fully saturated rings. The smallest absolute Gasteiger partial charge is 0.134 e. The lowest BCUT2D eigenvalue weighted by molar-refractivity contribution is 0.409. The van der Waals surface area contributed by atoms with E-state index in [9.17, 15) is 0 Å². The molecule has 1 aromatic heterocycles. The lowest BCUT2D eigenvalue weighted by atomic mass is 10.0. The molecule has 1 N–H and O–H groups in total. The molecule has 0 saturated carbocycles. The predicted octanol–water partition coefficient (Wildman–Crippen LogP) is 2.65. The summed E-state index contributed by atoms with van der Waals surface area (Å²) >= 11 is 3.48. The molecule has 0 radical (unpaired) electrons. The molecule has 0 unspecified atom stereocenters. The number of nitrogens with one attached hydrogen (secondary N) is 1. The van der Waals surface area contributed by atoms with Gasteiger partial charge in [0.05, 0.1) is 18.3 Å². The van der Waals surface area contributed by atoms with Crippen LogP contribution in [0.15, 0.2) is 22.7 Å². The zero-order chi connectivity index (χ0) is 11.8. The summed E-state index contributed by atoms with van der Waals surface area (Å²) in [5.41, 5.74) is 3.36. The molecule has 3 rings (SSSR count). The Morgan fingerprint density at radius 3 is 3.12 bits per heavy atom. The van der Waals surface area contributed by atoms with Crippen molar-refractivity contribution >= 4 is 26.8 Å². The van der Waals surface area contributed by atoms with Crippen molar-refractivity contribution in [3.8, 4) is 5.75 Å². The van der Waals surface area contributed by atoms with Crippen LogP contribution in [0.3, 0.4) is 0 Å². The molecular formula is C13H13BrN2O. The lowest BCUT2D eigenvalue weighted by Gasteiger charge is -2.20. The minimum absolute atomic E-state index is 0.845. The van der Waals surface area contributed by atoms with Crippen LogP contribution in [0.2, 0.25) is 0 Å². The molecule has 88 valence electrons. The average molecular weight is 293 g/mol. The van der Waals surface area contributed by atoms with Gasteiger partial charge in [-0.25, -0.2) is 0 Å². The molecule has 1 aliphatic rings. The zero-order valence-corrected chi connectivity index (χ0v) is 11.2. The topological polar surface area (TPSA) is 34.1 Å². The summed E-state index contributed by atoms with van der Waals surface area (Å²) < 4.78 is 6.62. The van der Waals surface area contributed by atoms with Gasteiger partial charge >= 0.3 is 0 Å². The van der Waals surface area contributed by atoms with E-state index in [1.54, 1.807) is 7.11 Å². The first-order valence-electron chi connectivity index (χ1n) is 5.65. The highest BCUT2D eigenvalue weighted by Crippen LogP contribution is 2.33. The Bertz CT molecular complexity index is 583. The van der Waals surface area contributed by atoms with Gasteiger partial charge in [0.25, 0.3) is 0 Å². The number of benzene rings is 1. The molecule has 0 atom stereocenters. The van der Waals surface area contributed by atoms with Crippen LogP contribution >= 0.6 is 15.9 Å². The van der Waals surface area contributed by atoms with Gasteiger partial charge in [0.15, 0.2) is 0 Å². The van der Waals surface area contributed by atoms with Crippen LogP contribution in [0.25, 0.3) is 10.9 Å². The van der Waals surface area contributed by atoms with Gasteiger partial charge in [-0.05, 0) is 18.2 Å². The molecular weight excluding hydrogens is 280 g/mol. The third-order valence-corrected chi connectivity index (χ3v) is 3.62. The molecule has 0 spiro atoms. The standard InChI is InChI=1S/C13H13BrN2O/c1-17-13-9-3-2-8(14)6-12(9)16-11-4-5-15-7-10(11)13/h2-3,6,15H,4-5,7H2,1H3. The van der Waals surface area contributed by atoms with Gasteiger partial charge in [-0.2, -0.15) is 0 Å². The second-order valence-corrected chi connectivity index (χ2v) is 5.07. The number of hydrogen-bond acceptors (Lipinski definition) is 3. The van der Waals surface area contributed by atoms with Crippen LogP contribution in [-0.2, 0) is 13.0 Å². The minimum atomic E-state index is 0.845. The van der Waals surface area contributed by atoms with Gasteiger partial charge in [-0.15, -0.1) is 0 Å². The maximum Gasteiger partial charge on any atom is 0.134 e. The molecule has 0 bridgehead atoms. The predicted molar refractivity (Wildman–Crippen MR) is 71.4 cm³/mol. The van der Waals surface area contributed by atoms with Gasteiger partial charge in [0, 0.05) is 34.9 Å². The Morgan fingerprint density at radius 2 is 2.29 bits per heavy atom. The first kappa shape index (κ1) is 11.0. The van der Waals surface area contributed by atoms with Crippen LogP contribution in [0, 0.1) is 0 Å². The number of aromatic nitrogens is 1. The van der Waals surface area contributed by atoms with E-state index >= 15 is 0 Å². The number of pyridine rings is 1. The molecule has 2 aromatic rings. The van der Waals surface area contributed by atoms with E-state index in [4.69, 9.17) is 9.72 Å². The second-order valence-electron chi connectivity index (χ2n) is 4.16. The average Bonchev–Trinajstić information content (AvgIpc) is 2.35. The van der Waals surface area contributed by atoms with E-state index < -0.39 is 0 Å². The third kappa shape index (κ3) is 1.81. The van der Waals surface area contributed by atoms with Crippen molar-refractivity contribution in [3.63, 3.8) is 0 Å². The monoisotopic (exact) mass is 292 g/mol. The van der Waals surface area contributed by atoms with Gasteiger partial charge in [0.2, 0.25) is 0 Å². The fourth-order valence-corrected chi connectivity index (χ4v) is 2.69. The van der Waals surface area contributed by atoms with Crippen molar-refractivity contribution in [1.82, 2.24) is 10.3 Å². The minimum Gasteiger partial charge on any atom is -0.496 e. The SMILES string of the molecule is COc1c2c(nc3cc(Br)ccc13)CCNC2. The van der Waals surface area contributed by atoms with Crippen molar-refractivity contribution in [1.29, 1.82) is 0 Å². The zero-order valence-electron chi connectivity index (χ0n) is 9.59. The molecule has 1 aromatic carbocycles. The number of methoxy groups -OCH3 is 1. The summed E-state index contributed by atoms with van der Waals surface area (Å²) in [5, 5.41) is 4.44. The largest absolute Gasteiger partial charge is 0.496 e. The summed E-state index contributed by atoms with van der Waals surface area (Å²) in [6, 6.07) is 6.12. The molecule has 0 amide bonds. The molecule has 4 heteroatoms. The maximum atomic E-state index is 5.57. The van der Waals surface area contributed by atoms with Crippen molar-refractivity contribution in [2.24, 2.45) is 0 Å². The molecule has 0 aliphatic carbocycles. The van der Waals surface area contributed by atoms with E-state index in [0.717, 1.165) is 46.3 Å². The van der Waals surface area contributed by atoms with Crippen LogP contribution in [0.1, 0.15) is 11.3 Å². The number of ether oxygens (including phenoxy) is 1. The van der Waals surface area contributed by atoms with E-state index in [0.29, 0.717) is 0 Å². The normalized spacial score (nSPS) is 14.7. The molecule has 17 heavy (non-hydrogen) atoms. The van der Waals surface area contributed by atoms with E-state index in [1.807, 2.05) is 12.1 Å². The summed E-state index contributed by atoms with van der Waals surface area (Å²) in [6.45, 7) is 1.83. The first-order valence-corrected chi connectivity index (χ1v) is 6.44. The van der Waals surface area contributed by atoms with Crippen LogP contribution in [-0.4, -0.2) is 18.6 Å². The highest BCUT2D eigenvalue weighted by Gasteiger charge is 2.18. The van der Waals surface area contributed by atoms with Gasteiger partial charge in [0.1, 0.15) is 5.75 Å². The van der Waals surface area contributed by atoms with Crippen molar-refractivity contribution < 1.29 is 4.74 Å². The number of rotatable bonds is 1. The Morgan fingerprint density at radius 1 is 1.41 bits per heavy atom. The van der Waals surface area contributed by atoms with Gasteiger partial charge in [-0.3, -0.25) is 4.98 Å². The molecule has 0 saturated heterocycles. The van der Waals surface area contributed by atoms with Crippen LogP contribution < -0.4 is 10.1 Å². The van der Waals surface area contributed by atoms with Crippen molar-refractivity contribution in [2.45, 2.75) is 13.0 Å². The molecule has 3 nitrogen and oxygen atoms in total. The quantitative estimate of drug-likeness (QED) is 0.877. The highest BCUT2D eigenvalue weighted by atomic mass is 79.9. The van der Waals surface area contributed by atoms with Crippen LogP contribution in [0.4, 0.5) is 0 Å². The van der Waals surface area contributed by atoms with E-state index in [1.165, 1.54) is 5.56 Å². The first-order chi connectivity index (χ1) is 8.29. The van der Waals surface area contributed by atoms with E-state index in [2.05, 4.69) is 27.3 Å². The number of nitrogens with zero attached hydrogens (tertiary/aromatic N) is 1. The summed E-state index contributed by atoms with van der Waals surface area (Å²) in [6.07, 6.45) is 0.966. The summed E-state index contributed by atoms with van der Waals surface area (Å²) in [4.78, 5) is 4.74. The molecule has 1 aliphatic heterocycles. The second kappa shape index (κ2) is 4.27. The van der Waals surface area contributed by atoms with Crippen LogP contribution in [0.5, 0.6) is 5.75 Å². The van der Waals surface area contributed by atoms with Crippen molar-refractivity contribution in [3.05, 3.63) is 33.9 Å². The Kier molecular flexibility index (Phi) is 2.76. The fraction of sp³-hybridized carbons (Fsp3) is 0.308. The number of hydrogen-bond donors (Lipinski definition) is 1. The van der Waals surface area contributed by atoms with Gasteiger partial charge < -0.3 is 10.1 Å². The van der Waals surface area contributed by atoms with Crippen molar-refractivity contribution in [2.75, 3.05) is 13.7 Å². The summed E-state index contributed by atoms with van der Waals surface area (Å²) in [7, 11) is 1.73.